The van der Waals surface area contributed by atoms with E-state index < -0.39 is 16.1 Å². The van der Waals surface area contributed by atoms with E-state index in [-0.39, 0.29) is 16.4 Å². The lowest BCUT2D eigenvalue weighted by Crippen LogP contribution is -2.27. The molecule has 0 amide bonds. The molecule has 2 rings (SSSR count). The van der Waals surface area contributed by atoms with Crippen LogP contribution in [0.5, 0.6) is 0 Å². The van der Waals surface area contributed by atoms with E-state index in [4.69, 9.17) is 17.3 Å². The zero-order chi connectivity index (χ0) is 15.6. The Kier molecular flexibility index (Phi) is 4.51. The van der Waals surface area contributed by atoms with Crippen LogP contribution in [-0.2, 0) is 10.0 Å². The number of nitrogens with two attached hydrogens (primary N) is 1. The lowest BCUT2D eigenvalue weighted by atomic mass is 10.1. The molecule has 7 heteroatoms. The van der Waals surface area contributed by atoms with E-state index in [9.17, 15) is 12.8 Å². The fraction of sp³-hybridized carbons (Fsp3) is 0.143. The zero-order valence-electron chi connectivity index (χ0n) is 11.2. The molecular weight excluding hydrogens is 315 g/mol. The fourth-order valence-corrected chi connectivity index (χ4v) is 3.19. The maximum atomic E-state index is 12.9. The second-order valence-electron chi connectivity index (χ2n) is 4.58. The van der Waals surface area contributed by atoms with Crippen molar-refractivity contribution in [3.8, 4) is 0 Å². The van der Waals surface area contributed by atoms with Crippen molar-refractivity contribution in [2.75, 3.05) is 5.73 Å². The Morgan fingerprint density at radius 1 is 1.19 bits per heavy atom. The van der Waals surface area contributed by atoms with Gasteiger partial charge in [-0.3, -0.25) is 0 Å². The number of nitrogen functional groups attached to an aromatic ring is 1. The van der Waals surface area contributed by atoms with E-state index in [1.165, 1.54) is 42.5 Å². The Morgan fingerprint density at radius 3 is 2.38 bits per heavy atom. The van der Waals surface area contributed by atoms with Gasteiger partial charge in [-0.05, 0) is 42.8 Å². The van der Waals surface area contributed by atoms with Crippen LogP contribution in [0.25, 0.3) is 0 Å². The Bertz CT molecular complexity index is 748. The molecule has 0 fully saturated rings. The van der Waals surface area contributed by atoms with Gasteiger partial charge in [0.05, 0.1) is 15.6 Å². The van der Waals surface area contributed by atoms with Crippen molar-refractivity contribution in [3.05, 3.63) is 58.9 Å². The third-order valence-electron chi connectivity index (χ3n) is 2.98. The first-order valence-corrected chi connectivity index (χ1v) is 7.98. The minimum atomic E-state index is -3.74. The van der Waals surface area contributed by atoms with Gasteiger partial charge < -0.3 is 5.73 Å². The summed E-state index contributed by atoms with van der Waals surface area (Å²) >= 11 is 5.77. The molecule has 0 heterocycles. The molecular formula is C14H14ClFN2O2S. The number of rotatable bonds is 4. The summed E-state index contributed by atoms with van der Waals surface area (Å²) in [4.78, 5) is 0.0263. The summed E-state index contributed by atoms with van der Waals surface area (Å²) in [7, 11) is -3.74. The molecule has 1 unspecified atom stereocenters. The molecule has 4 nitrogen and oxygen atoms in total. The largest absolute Gasteiger partial charge is 0.397 e. The molecule has 0 aliphatic carbocycles. The first-order chi connectivity index (χ1) is 9.79. The number of sulfonamides is 1. The van der Waals surface area contributed by atoms with Crippen LogP contribution in [0.3, 0.4) is 0 Å². The van der Waals surface area contributed by atoms with Crippen LogP contribution in [0.4, 0.5) is 10.1 Å². The molecule has 0 bridgehead atoms. The first-order valence-electron chi connectivity index (χ1n) is 6.12. The molecule has 3 N–H and O–H groups in total. The van der Waals surface area contributed by atoms with Crippen molar-refractivity contribution in [2.24, 2.45) is 0 Å². The Hall–Kier alpha value is -1.63. The van der Waals surface area contributed by atoms with Gasteiger partial charge in [0, 0.05) is 6.04 Å². The highest BCUT2D eigenvalue weighted by atomic mass is 35.5. The molecule has 0 spiro atoms. The van der Waals surface area contributed by atoms with Gasteiger partial charge in [-0.25, -0.2) is 17.5 Å². The quantitative estimate of drug-likeness (QED) is 0.847. The molecule has 112 valence electrons. The maximum absolute atomic E-state index is 12.9. The molecule has 0 radical (unpaired) electrons. The van der Waals surface area contributed by atoms with Crippen LogP contribution < -0.4 is 10.5 Å². The van der Waals surface area contributed by atoms with E-state index in [0.717, 1.165) is 0 Å². The van der Waals surface area contributed by atoms with Gasteiger partial charge in [0.15, 0.2) is 0 Å². The summed E-state index contributed by atoms with van der Waals surface area (Å²) in [6, 6.07) is 9.19. The highest BCUT2D eigenvalue weighted by Gasteiger charge is 2.19. The fourth-order valence-electron chi connectivity index (χ4n) is 1.81. The van der Waals surface area contributed by atoms with Gasteiger partial charge in [-0.1, -0.05) is 23.7 Å². The topological polar surface area (TPSA) is 72.2 Å². The number of hydrogen-bond donors (Lipinski definition) is 2. The van der Waals surface area contributed by atoms with Crippen molar-refractivity contribution in [3.63, 3.8) is 0 Å². The second-order valence-corrected chi connectivity index (χ2v) is 6.70. The summed E-state index contributed by atoms with van der Waals surface area (Å²) in [5.41, 5.74) is 6.45. The van der Waals surface area contributed by atoms with Crippen LogP contribution in [0, 0.1) is 5.82 Å². The first kappa shape index (κ1) is 15.8. The van der Waals surface area contributed by atoms with E-state index in [1.54, 1.807) is 6.92 Å². The van der Waals surface area contributed by atoms with Gasteiger partial charge in [0.2, 0.25) is 10.0 Å². The molecule has 0 saturated heterocycles. The Labute approximate surface area is 127 Å². The predicted molar refractivity (Wildman–Crippen MR) is 81.0 cm³/mol. The average molecular weight is 329 g/mol. The SMILES string of the molecule is CC(NS(=O)(=O)c1ccc(Cl)c(N)c1)c1ccc(F)cc1. The monoisotopic (exact) mass is 328 g/mol. The van der Waals surface area contributed by atoms with Gasteiger partial charge in [0.25, 0.3) is 0 Å². The van der Waals surface area contributed by atoms with Gasteiger partial charge in [-0.15, -0.1) is 0 Å². The summed E-state index contributed by atoms with van der Waals surface area (Å²) in [5, 5.41) is 0.292. The summed E-state index contributed by atoms with van der Waals surface area (Å²) in [6.45, 7) is 1.67. The van der Waals surface area contributed by atoms with Crippen LogP contribution in [0.2, 0.25) is 5.02 Å². The maximum Gasteiger partial charge on any atom is 0.241 e. The molecule has 21 heavy (non-hydrogen) atoms. The Morgan fingerprint density at radius 2 is 1.81 bits per heavy atom. The second kappa shape index (κ2) is 6.01. The number of benzene rings is 2. The molecule has 2 aromatic carbocycles. The molecule has 0 aliphatic rings. The summed E-state index contributed by atoms with van der Waals surface area (Å²) < 4.78 is 39.9. The summed E-state index contributed by atoms with van der Waals surface area (Å²) in [6.07, 6.45) is 0. The smallest absolute Gasteiger partial charge is 0.241 e. The molecule has 0 saturated carbocycles. The van der Waals surface area contributed by atoms with Crippen LogP contribution in [0.1, 0.15) is 18.5 Å². The predicted octanol–water partition coefficient (Wildman–Crippen LogP) is 3.10. The van der Waals surface area contributed by atoms with E-state index in [2.05, 4.69) is 4.72 Å². The van der Waals surface area contributed by atoms with E-state index >= 15 is 0 Å². The highest BCUT2D eigenvalue weighted by Crippen LogP contribution is 2.23. The zero-order valence-corrected chi connectivity index (χ0v) is 12.7. The number of halogens is 2. The normalized spacial score (nSPS) is 13.1. The lowest BCUT2D eigenvalue weighted by Gasteiger charge is -2.15. The number of anilines is 1. The average Bonchev–Trinajstić information content (AvgIpc) is 2.42. The van der Waals surface area contributed by atoms with Crippen molar-refractivity contribution < 1.29 is 12.8 Å². The van der Waals surface area contributed by atoms with Gasteiger partial charge in [-0.2, -0.15) is 0 Å². The molecule has 0 aromatic heterocycles. The highest BCUT2D eigenvalue weighted by molar-refractivity contribution is 7.89. The molecule has 2 aromatic rings. The van der Waals surface area contributed by atoms with Crippen molar-refractivity contribution >= 4 is 27.3 Å². The number of hydrogen-bond acceptors (Lipinski definition) is 3. The van der Waals surface area contributed by atoms with Gasteiger partial charge in [0.1, 0.15) is 5.82 Å². The lowest BCUT2D eigenvalue weighted by molar-refractivity contribution is 0.566. The third kappa shape index (κ3) is 3.72. The van der Waals surface area contributed by atoms with Crippen molar-refractivity contribution in [1.29, 1.82) is 0 Å². The molecule has 0 aliphatic heterocycles. The standard InChI is InChI=1S/C14H14ClFN2O2S/c1-9(10-2-4-11(16)5-3-10)18-21(19,20)12-6-7-13(15)14(17)8-12/h2-9,18H,17H2,1H3. The molecule has 1 atom stereocenters. The van der Waals surface area contributed by atoms with Crippen molar-refractivity contribution in [1.82, 2.24) is 4.72 Å². The van der Waals surface area contributed by atoms with Crippen LogP contribution in [0.15, 0.2) is 47.4 Å². The van der Waals surface area contributed by atoms with E-state index in [0.29, 0.717) is 10.6 Å². The van der Waals surface area contributed by atoms with Crippen LogP contribution in [-0.4, -0.2) is 8.42 Å². The van der Waals surface area contributed by atoms with Crippen LogP contribution >= 0.6 is 11.6 Å². The Balaban J connectivity index is 2.24. The summed E-state index contributed by atoms with van der Waals surface area (Å²) in [5.74, 6) is -0.376. The minimum Gasteiger partial charge on any atom is -0.397 e. The van der Waals surface area contributed by atoms with Crippen molar-refractivity contribution in [2.45, 2.75) is 17.9 Å². The van der Waals surface area contributed by atoms with E-state index in [1.807, 2.05) is 0 Å². The minimum absolute atomic E-state index is 0.0263. The third-order valence-corrected chi connectivity index (χ3v) is 4.86. The van der Waals surface area contributed by atoms with Gasteiger partial charge >= 0.3 is 0 Å². The number of nitrogens with one attached hydrogen (secondary N) is 1.